The molecule has 0 aliphatic rings. The lowest BCUT2D eigenvalue weighted by Crippen LogP contribution is -2.03. The van der Waals surface area contributed by atoms with Crippen LogP contribution in [0.25, 0.3) is 28.0 Å². The Hall–Kier alpha value is -3.53. The average molecular weight is 344 g/mol. The minimum atomic E-state index is -0.437. The second-order valence-corrected chi connectivity index (χ2v) is 5.78. The molecule has 0 fully saturated rings. The number of carbonyl (C=O) groups excluding carboxylic acids is 1. The average Bonchev–Trinajstić information content (AvgIpc) is 3.05. The summed E-state index contributed by atoms with van der Waals surface area (Å²) in [5, 5.41) is 1.92. The predicted octanol–water partition coefficient (Wildman–Crippen LogP) is 5.21. The fraction of sp³-hybridized carbons (Fsp3) is 0.0455. The van der Waals surface area contributed by atoms with Crippen molar-refractivity contribution in [2.45, 2.75) is 0 Å². The molecule has 128 valence electrons. The lowest BCUT2D eigenvalue weighted by Gasteiger charge is -2.01. The van der Waals surface area contributed by atoms with Gasteiger partial charge >= 0.3 is 5.97 Å². The van der Waals surface area contributed by atoms with E-state index in [1.807, 2.05) is 60.7 Å². The van der Waals surface area contributed by atoms with E-state index in [-0.39, 0.29) is 0 Å². The molecular formula is C22H16O4. The van der Waals surface area contributed by atoms with E-state index in [0.29, 0.717) is 5.75 Å². The third kappa shape index (κ3) is 3.17. The molecule has 0 unspecified atom stereocenters. The lowest BCUT2D eigenvalue weighted by atomic mass is 10.1. The van der Waals surface area contributed by atoms with Gasteiger partial charge in [-0.25, -0.2) is 4.79 Å². The van der Waals surface area contributed by atoms with Crippen LogP contribution in [0.4, 0.5) is 0 Å². The van der Waals surface area contributed by atoms with Crippen LogP contribution >= 0.6 is 0 Å². The molecule has 0 atom stereocenters. The molecule has 4 heteroatoms. The van der Waals surface area contributed by atoms with Gasteiger partial charge in [-0.15, -0.1) is 0 Å². The van der Waals surface area contributed by atoms with E-state index in [0.717, 1.165) is 33.3 Å². The van der Waals surface area contributed by atoms with Gasteiger partial charge in [0, 0.05) is 16.8 Å². The third-order valence-electron chi connectivity index (χ3n) is 4.09. The zero-order chi connectivity index (χ0) is 17.9. The molecule has 0 N–H and O–H groups in total. The number of benzene rings is 3. The molecule has 0 aliphatic carbocycles. The molecular weight excluding hydrogens is 328 g/mol. The van der Waals surface area contributed by atoms with Crippen LogP contribution in [-0.4, -0.2) is 13.1 Å². The Labute approximate surface area is 150 Å². The van der Waals surface area contributed by atoms with Crippen LogP contribution in [-0.2, 0) is 4.79 Å². The molecule has 0 saturated heterocycles. The number of fused-ring (bicyclic) bond motifs is 3. The first kappa shape index (κ1) is 16.0. The molecule has 1 heterocycles. The Morgan fingerprint density at radius 1 is 0.885 bits per heavy atom. The minimum Gasteiger partial charge on any atom is -0.497 e. The number of rotatable bonds is 4. The van der Waals surface area contributed by atoms with Crippen LogP contribution in [0.5, 0.6) is 11.5 Å². The van der Waals surface area contributed by atoms with E-state index in [1.54, 1.807) is 19.3 Å². The zero-order valence-corrected chi connectivity index (χ0v) is 14.1. The van der Waals surface area contributed by atoms with E-state index in [2.05, 4.69) is 0 Å². The summed E-state index contributed by atoms with van der Waals surface area (Å²) in [6, 6.07) is 20.5. The number of hydrogen-bond acceptors (Lipinski definition) is 4. The van der Waals surface area contributed by atoms with Gasteiger partial charge in [0.2, 0.25) is 0 Å². The highest BCUT2D eigenvalue weighted by Gasteiger charge is 2.08. The molecule has 0 aliphatic heterocycles. The van der Waals surface area contributed by atoms with Crippen molar-refractivity contribution >= 4 is 34.0 Å². The van der Waals surface area contributed by atoms with Crippen LogP contribution in [0.15, 0.2) is 77.2 Å². The molecule has 1 aromatic heterocycles. The highest BCUT2D eigenvalue weighted by Crippen LogP contribution is 2.31. The first-order chi connectivity index (χ1) is 12.7. The normalized spacial score (nSPS) is 11.3. The van der Waals surface area contributed by atoms with Crippen molar-refractivity contribution in [1.82, 2.24) is 0 Å². The molecule has 0 amide bonds. The number of hydrogen-bond donors (Lipinski definition) is 0. The topological polar surface area (TPSA) is 48.7 Å². The molecule has 0 radical (unpaired) electrons. The van der Waals surface area contributed by atoms with Crippen LogP contribution in [0.2, 0.25) is 0 Å². The standard InChI is InChI=1S/C22H16O4/c1-24-16-9-6-15(7-10-16)8-13-22(23)25-17-11-12-21-19(14-17)18-4-2-3-5-20(18)26-21/h2-14H,1H3/b13-8+. The summed E-state index contributed by atoms with van der Waals surface area (Å²) in [4.78, 5) is 12.1. The van der Waals surface area contributed by atoms with Gasteiger partial charge in [-0.3, -0.25) is 0 Å². The van der Waals surface area contributed by atoms with Crippen molar-refractivity contribution in [2.75, 3.05) is 7.11 Å². The van der Waals surface area contributed by atoms with Crippen molar-refractivity contribution in [3.63, 3.8) is 0 Å². The fourth-order valence-corrected chi connectivity index (χ4v) is 2.80. The summed E-state index contributed by atoms with van der Waals surface area (Å²) in [5.41, 5.74) is 2.46. The highest BCUT2D eigenvalue weighted by molar-refractivity contribution is 6.05. The van der Waals surface area contributed by atoms with E-state index in [4.69, 9.17) is 13.9 Å². The number of ether oxygens (including phenoxy) is 2. The largest absolute Gasteiger partial charge is 0.497 e. The monoisotopic (exact) mass is 344 g/mol. The zero-order valence-electron chi connectivity index (χ0n) is 14.1. The molecule has 4 aromatic rings. The van der Waals surface area contributed by atoms with Crippen molar-refractivity contribution in [3.05, 3.63) is 78.4 Å². The second kappa shape index (κ2) is 6.76. The maximum absolute atomic E-state index is 12.1. The van der Waals surface area contributed by atoms with E-state index in [9.17, 15) is 4.79 Å². The van der Waals surface area contributed by atoms with Crippen molar-refractivity contribution in [3.8, 4) is 11.5 Å². The predicted molar refractivity (Wildman–Crippen MR) is 101 cm³/mol. The maximum Gasteiger partial charge on any atom is 0.336 e. The third-order valence-corrected chi connectivity index (χ3v) is 4.09. The molecule has 0 saturated carbocycles. The molecule has 4 nitrogen and oxygen atoms in total. The Kier molecular flexibility index (Phi) is 4.15. The molecule has 0 spiro atoms. The van der Waals surface area contributed by atoms with Gasteiger partial charge < -0.3 is 13.9 Å². The Bertz CT molecular complexity index is 1100. The van der Waals surface area contributed by atoms with E-state index >= 15 is 0 Å². The number of carbonyl (C=O) groups is 1. The lowest BCUT2D eigenvalue weighted by molar-refractivity contribution is -0.128. The first-order valence-corrected chi connectivity index (χ1v) is 8.18. The van der Waals surface area contributed by atoms with Gasteiger partial charge in [0.1, 0.15) is 22.7 Å². The van der Waals surface area contributed by atoms with Gasteiger partial charge in [0.15, 0.2) is 0 Å². The Balaban J connectivity index is 1.53. The number of esters is 1. The van der Waals surface area contributed by atoms with Gasteiger partial charge in [-0.2, -0.15) is 0 Å². The van der Waals surface area contributed by atoms with Gasteiger partial charge in [-0.1, -0.05) is 30.3 Å². The SMILES string of the molecule is COc1ccc(/C=C/C(=O)Oc2ccc3oc4ccccc4c3c2)cc1. The maximum atomic E-state index is 12.1. The van der Waals surface area contributed by atoms with Gasteiger partial charge in [-0.05, 0) is 48.0 Å². The number of para-hydroxylation sites is 1. The summed E-state index contributed by atoms with van der Waals surface area (Å²) >= 11 is 0. The molecule has 3 aromatic carbocycles. The molecule has 0 bridgehead atoms. The fourth-order valence-electron chi connectivity index (χ4n) is 2.80. The first-order valence-electron chi connectivity index (χ1n) is 8.18. The van der Waals surface area contributed by atoms with Crippen LogP contribution in [0.3, 0.4) is 0 Å². The Morgan fingerprint density at radius 3 is 2.42 bits per heavy atom. The van der Waals surface area contributed by atoms with Gasteiger partial charge in [0.05, 0.1) is 7.11 Å². The number of furan rings is 1. The van der Waals surface area contributed by atoms with E-state index < -0.39 is 5.97 Å². The van der Waals surface area contributed by atoms with Crippen LogP contribution in [0.1, 0.15) is 5.56 Å². The minimum absolute atomic E-state index is 0.437. The van der Waals surface area contributed by atoms with Gasteiger partial charge in [0.25, 0.3) is 0 Å². The summed E-state index contributed by atoms with van der Waals surface area (Å²) in [6.07, 6.45) is 3.10. The van der Waals surface area contributed by atoms with Crippen molar-refractivity contribution in [2.24, 2.45) is 0 Å². The van der Waals surface area contributed by atoms with Crippen LogP contribution in [0, 0.1) is 0 Å². The summed E-state index contributed by atoms with van der Waals surface area (Å²) in [5.74, 6) is 0.812. The van der Waals surface area contributed by atoms with Crippen molar-refractivity contribution in [1.29, 1.82) is 0 Å². The number of methoxy groups -OCH3 is 1. The Morgan fingerprint density at radius 2 is 1.62 bits per heavy atom. The quantitative estimate of drug-likeness (QED) is 0.289. The molecule has 4 rings (SSSR count). The van der Waals surface area contributed by atoms with E-state index in [1.165, 1.54) is 6.08 Å². The summed E-state index contributed by atoms with van der Waals surface area (Å²) in [7, 11) is 1.61. The summed E-state index contributed by atoms with van der Waals surface area (Å²) in [6.45, 7) is 0. The van der Waals surface area contributed by atoms with Crippen molar-refractivity contribution < 1.29 is 18.7 Å². The summed E-state index contributed by atoms with van der Waals surface area (Å²) < 4.78 is 16.3. The highest BCUT2D eigenvalue weighted by atomic mass is 16.5. The smallest absolute Gasteiger partial charge is 0.336 e. The second-order valence-electron chi connectivity index (χ2n) is 5.78. The van der Waals surface area contributed by atoms with Crippen LogP contribution < -0.4 is 9.47 Å². The molecule has 26 heavy (non-hydrogen) atoms.